The van der Waals surface area contributed by atoms with Crippen molar-refractivity contribution in [3.63, 3.8) is 0 Å². The first kappa shape index (κ1) is 20.9. The molecule has 0 aliphatic heterocycles. The Kier molecular flexibility index (Phi) is 5.27. The van der Waals surface area contributed by atoms with Gasteiger partial charge in [-0.3, -0.25) is 14.5 Å². The molecule has 1 heterocycles. The first-order chi connectivity index (χ1) is 15.3. The molecule has 162 valence electrons. The zero-order valence-corrected chi connectivity index (χ0v) is 16.6. The third kappa shape index (κ3) is 3.97. The van der Waals surface area contributed by atoms with E-state index >= 15 is 0 Å². The molecule has 1 saturated carbocycles. The maximum Gasteiger partial charge on any atom is 0.363 e. The minimum atomic E-state index is -1.30. The van der Waals surface area contributed by atoms with E-state index in [1.165, 1.54) is 47.5 Å². The van der Waals surface area contributed by atoms with E-state index in [0.29, 0.717) is 30.0 Å². The molecule has 2 N–H and O–H groups in total. The lowest BCUT2D eigenvalue weighted by molar-refractivity contribution is -0.389. The molecule has 2 aromatic carbocycles. The van der Waals surface area contributed by atoms with Crippen molar-refractivity contribution in [1.29, 1.82) is 0 Å². The van der Waals surface area contributed by atoms with Gasteiger partial charge in [-0.15, -0.1) is 0 Å². The van der Waals surface area contributed by atoms with Crippen LogP contribution < -0.4 is 15.4 Å². The highest BCUT2D eigenvalue weighted by atomic mass is 19.1. The summed E-state index contributed by atoms with van der Waals surface area (Å²) < 4.78 is 19.2. The van der Waals surface area contributed by atoms with E-state index in [1.54, 1.807) is 24.3 Å². The second-order valence-electron chi connectivity index (χ2n) is 7.27. The van der Waals surface area contributed by atoms with Gasteiger partial charge in [0, 0.05) is 17.8 Å². The normalized spacial score (nSPS) is 13.8. The lowest BCUT2D eigenvalue weighted by Crippen LogP contribution is -2.41. The molecule has 0 bridgehead atoms. The van der Waals surface area contributed by atoms with Gasteiger partial charge in [-0.25, -0.2) is 4.39 Å². The number of benzene rings is 2. The van der Waals surface area contributed by atoms with Crippen molar-refractivity contribution in [3.05, 3.63) is 82.8 Å². The van der Waals surface area contributed by atoms with Crippen LogP contribution in [-0.2, 0) is 9.59 Å². The first-order valence-corrected chi connectivity index (χ1v) is 9.58. The minimum absolute atomic E-state index is 0.253. The third-order valence-electron chi connectivity index (χ3n) is 5.14. The molecule has 1 aromatic heterocycles. The highest BCUT2D eigenvalue weighted by Crippen LogP contribution is 2.49. The molecule has 2 amide bonds. The number of hydrogen-bond donors (Lipinski definition) is 1. The van der Waals surface area contributed by atoms with Crippen LogP contribution in [0.2, 0.25) is 0 Å². The number of anilines is 2. The number of amides is 2. The second-order valence-corrected chi connectivity index (χ2v) is 7.27. The van der Waals surface area contributed by atoms with Crippen LogP contribution in [0.5, 0.6) is 11.5 Å². The summed E-state index contributed by atoms with van der Waals surface area (Å²) >= 11 is 0. The molecule has 0 atom stereocenters. The number of halogens is 1. The maximum absolute atomic E-state index is 13.5. The van der Waals surface area contributed by atoms with Gasteiger partial charge in [-0.2, -0.15) is 0 Å². The van der Waals surface area contributed by atoms with Gasteiger partial charge in [0.1, 0.15) is 17.0 Å². The van der Waals surface area contributed by atoms with Gasteiger partial charge in [0.25, 0.3) is 0 Å². The van der Waals surface area contributed by atoms with Gasteiger partial charge >= 0.3 is 5.82 Å². The van der Waals surface area contributed by atoms with Crippen LogP contribution >= 0.6 is 0 Å². The Morgan fingerprint density at radius 3 is 2.34 bits per heavy atom. The van der Waals surface area contributed by atoms with E-state index < -0.39 is 28.0 Å². The summed E-state index contributed by atoms with van der Waals surface area (Å²) in [4.78, 5) is 40.4. The number of aromatic nitrogens is 1. The van der Waals surface area contributed by atoms with Gasteiger partial charge in [0.15, 0.2) is 11.9 Å². The molecule has 0 radical (unpaired) electrons. The van der Waals surface area contributed by atoms with Crippen molar-refractivity contribution in [1.82, 2.24) is 4.98 Å². The molecule has 1 aliphatic rings. The van der Waals surface area contributed by atoms with Gasteiger partial charge in [0.05, 0.1) is 5.69 Å². The molecular formula is C22H17FN4O5. The summed E-state index contributed by atoms with van der Waals surface area (Å²) in [6, 6.07) is 14.3. The molecule has 4 rings (SSSR count). The van der Waals surface area contributed by atoms with E-state index in [4.69, 9.17) is 10.5 Å². The number of nitrogens with zero attached hydrogens (tertiary/aromatic N) is 3. The van der Waals surface area contributed by atoms with Crippen LogP contribution in [0.4, 0.5) is 21.6 Å². The Labute approximate surface area is 181 Å². The lowest BCUT2D eigenvalue weighted by Gasteiger charge is -2.26. The predicted octanol–water partition coefficient (Wildman–Crippen LogP) is 3.85. The number of nitrogens with two attached hydrogens (primary N) is 1. The smallest absolute Gasteiger partial charge is 0.363 e. The van der Waals surface area contributed by atoms with Crippen molar-refractivity contribution in [2.45, 2.75) is 12.8 Å². The zero-order valence-electron chi connectivity index (χ0n) is 16.6. The van der Waals surface area contributed by atoms with Crippen LogP contribution in [-0.4, -0.2) is 21.7 Å². The van der Waals surface area contributed by atoms with E-state index in [1.807, 2.05) is 0 Å². The van der Waals surface area contributed by atoms with Gasteiger partial charge in [0.2, 0.25) is 11.8 Å². The minimum Gasteiger partial charge on any atom is -0.453 e. The first-order valence-electron chi connectivity index (χ1n) is 9.58. The Morgan fingerprint density at radius 2 is 1.78 bits per heavy atom. The number of nitro groups is 1. The van der Waals surface area contributed by atoms with Gasteiger partial charge in [-0.1, -0.05) is 6.07 Å². The largest absolute Gasteiger partial charge is 0.453 e. The summed E-state index contributed by atoms with van der Waals surface area (Å²) in [5.74, 6) is -1.43. The average molecular weight is 436 g/mol. The van der Waals surface area contributed by atoms with Crippen molar-refractivity contribution in [2.75, 3.05) is 4.90 Å². The topological polar surface area (TPSA) is 129 Å². The highest BCUT2D eigenvalue weighted by molar-refractivity contribution is 6.16. The fourth-order valence-electron chi connectivity index (χ4n) is 3.24. The molecule has 9 nitrogen and oxygen atoms in total. The molecule has 0 unspecified atom stereocenters. The quantitative estimate of drug-likeness (QED) is 0.340. The molecule has 1 aliphatic carbocycles. The highest BCUT2D eigenvalue weighted by Gasteiger charge is 2.57. The molecule has 0 spiro atoms. The molecule has 10 heteroatoms. The Bertz CT molecular complexity index is 1190. The summed E-state index contributed by atoms with van der Waals surface area (Å²) in [5.41, 5.74) is 4.93. The van der Waals surface area contributed by atoms with Crippen LogP contribution in [0.25, 0.3) is 0 Å². The Balaban J connectivity index is 1.68. The van der Waals surface area contributed by atoms with Crippen LogP contribution in [0.1, 0.15) is 12.8 Å². The standard InChI is InChI=1S/C22H17FN4O5/c23-14-4-6-15(7-5-14)26(21(29)22(10-11-22)20(24)28)16-2-1-3-17(12-16)32-18-8-9-19(25-13-18)27(30)31/h1-9,12-13H,10-11H2,(H2,24,28). The SMILES string of the molecule is NC(=O)C1(C(=O)N(c2ccc(F)cc2)c2cccc(Oc3ccc([N+](=O)[O-])nc3)c2)CC1. The third-order valence-corrected chi connectivity index (χ3v) is 5.14. The van der Waals surface area contributed by atoms with E-state index in [2.05, 4.69) is 4.98 Å². The molecule has 0 saturated heterocycles. The Morgan fingerprint density at radius 1 is 1.06 bits per heavy atom. The second kappa shape index (κ2) is 8.06. The van der Waals surface area contributed by atoms with Crippen LogP contribution in [0, 0.1) is 21.3 Å². The number of pyridine rings is 1. The van der Waals surface area contributed by atoms with Gasteiger partial charge < -0.3 is 20.6 Å². The van der Waals surface area contributed by atoms with Crippen molar-refractivity contribution >= 4 is 29.0 Å². The van der Waals surface area contributed by atoms with Crippen LogP contribution in [0.3, 0.4) is 0 Å². The van der Waals surface area contributed by atoms with Gasteiger partial charge in [-0.05, 0) is 65.2 Å². The number of carbonyl (C=O) groups excluding carboxylic acids is 2. The number of hydrogen-bond acceptors (Lipinski definition) is 6. The number of primary amides is 1. The summed E-state index contributed by atoms with van der Waals surface area (Å²) in [5, 5.41) is 10.8. The van der Waals surface area contributed by atoms with E-state index in [9.17, 15) is 24.1 Å². The number of carbonyl (C=O) groups is 2. The molecular weight excluding hydrogens is 419 g/mol. The lowest BCUT2D eigenvalue weighted by atomic mass is 10.0. The number of rotatable bonds is 7. The maximum atomic E-state index is 13.5. The van der Waals surface area contributed by atoms with Crippen molar-refractivity contribution < 1.29 is 23.6 Å². The van der Waals surface area contributed by atoms with E-state index in [-0.39, 0.29) is 11.6 Å². The number of ether oxygens (including phenoxy) is 1. The fourth-order valence-corrected chi connectivity index (χ4v) is 3.24. The Hall–Kier alpha value is -4.34. The molecule has 3 aromatic rings. The zero-order chi connectivity index (χ0) is 22.9. The van der Waals surface area contributed by atoms with Crippen molar-refractivity contribution in [2.24, 2.45) is 11.1 Å². The summed E-state index contributed by atoms with van der Waals surface area (Å²) in [7, 11) is 0. The monoisotopic (exact) mass is 436 g/mol. The summed E-state index contributed by atoms with van der Waals surface area (Å²) in [6.45, 7) is 0. The van der Waals surface area contributed by atoms with E-state index in [0.717, 1.165) is 0 Å². The molecule has 32 heavy (non-hydrogen) atoms. The van der Waals surface area contributed by atoms with Crippen molar-refractivity contribution in [3.8, 4) is 11.5 Å². The fraction of sp³-hybridized carbons (Fsp3) is 0.136. The predicted molar refractivity (Wildman–Crippen MR) is 112 cm³/mol. The summed E-state index contributed by atoms with van der Waals surface area (Å²) in [6.07, 6.45) is 1.88. The average Bonchev–Trinajstić information content (AvgIpc) is 3.58. The molecule has 1 fully saturated rings. The van der Waals surface area contributed by atoms with Crippen LogP contribution in [0.15, 0.2) is 66.9 Å².